The number of benzene rings is 1. The molecule has 1 aromatic rings. The maximum absolute atomic E-state index is 12.7. The quantitative estimate of drug-likeness (QED) is 0.485. The number of rotatable bonds is 4. The van der Waals surface area contributed by atoms with Crippen LogP contribution in [0, 0.1) is 5.41 Å². The van der Waals surface area contributed by atoms with E-state index in [0.717, 1.165) is 12.0 Å². The first-order valence-electron chi connectivity index (χ1n) is 8.30. The Morgan fingerprint density at radius 3 is 2.13 bits per heavy atom. The molecule has 0 aromatic heterocycles. The molecule has 0 amide bonds. The fraction of sp³-hybridized carbons (Fsp3) is 0.579. The second kappa shape index (κ2) is 6.73. The Kier molecular flexibility index (Phi) is 5.12. The summed E-state index contributed by atoms with van der Waals surface area (Å²) in [5, 5.41) is 0. The third-order valence-electron chi connectivity index (χ3n) is 4.75. The lowest BCUT2D eigenvalue weighted by molar-refractivity contribution is -0.172. The summed E-state index contributed by atoms with van der Waals surface area (Å²) in [4.78, 5) is 25.4. The highest BCUT2D eigenvalue weighted by molar-refractivity contribution is 6.00. The first kappa shape index (κ1) is 17.5. The van der Waals surface area contributed by atoms with E-state index in [9.17, 15) is 9.59 Å². The van der Waals surface area contributed by atoms with Gasteiger partial charge in [-0.1, -0.05) is 38.1 Å². The third kappa shape index (κ3) is 3.26. The van der Waals surface area contributed by atoms with Gasteiger partial charge in [-0.15, -0.1) is 0 Å². The molecule has 0 aliphatic heterocycles. The Morgan fingerprint density at radius 1 is 1.00 bits per heavy atom. The van der Waals surface area contributed by atoms with Crippen molar-refractivity contribution in [3.8, 4) is 0 Å². The predicted molar refractivity (Wildman–Crippen MR) is 88.1 cm³/mol. The summed E-state index contributed by atoms with van der Waals surface area (Å²) in [5.41, 5.74) is 0.874. The average molecular weight is 318 g/mol. The molecule has 2 rings (SSSR count). The zero-order valence-electron chi connectivity index (χ0n) is 14.5. The van der Waals surface area contributed by atoms with Gasteiger partial charge in [-0.2, -0.15) is 0 Å². The van der Waals surface area contributed by atoms with Gasteiger partial charge in [0.2, 0.25) is 0 Å². The van der Waals surface area contributed by atoms with Crippen LogP contribution in [-0.4, -0.2) is 25.2 Å². The van der Waals surface area contributed by atoms with Crippen molar-refractivity contribution in [1.29, 1.82) is 0 Å². The van der Waals surface area contributed by atoms with E-state index in [4.69, 9.17) is 9.47 Å². The molecule has 0 bridgehead atoms. The molecule has 0 unspecified atom stereocenters. The van der Waals surface area contributed by atoms with Gasteiger partial charge in [0.15, 0.2) is 5.41 Å². The van der Waals surface area contributed by atoms with Crippen molar-refractivity contribution in [2.45, 2.75) is 52.4 Å². The van der Waals surface area contributed by atoms with E-state index >= 15 is 0 Å². The number of hydrogen-bond acceptors (Lipinski definition) is 4. The third-order valence-corrected chi connectivity index (χ3v) is 4.75. The Labute approximate surface area is 138 Å². The SMILES string of the molecule is CCOC(=O)C1(C(=O)OCC)CCC(C)(C)c2ccccc2C1. The second-order valence-electron chi connectivity index (χ2n) is 6.74. The normalized spacial score (nSPS) is 18.4. The van der Waals surface area contributed by atoms with Crippen LogP contribution in [0.15, 0.2) is 24.3 Å². The summed E-state index contributed by atoms with van der Waals surface area (Å²) in [6.45, 7) is 8.32. The molecular formula is C19H26O4. The van der Waals surface area contributed by atoms with Crippen LogP contribution in [0.1, 0.15) is 51.7 Å². The fourth-order valence-corrected chi connectivity index (χ4v) is 3.38. The molecule has 0 spiro atoms. The predicted octanol–water partition coefficient (Wildman–Crippen LogP) is 3.41. The topological polar surface area (TPSA) is 52.6 Å². The molecule has 126 valence electrons. The standard InChI is InChI=1S/C19H26O4/c1-5-22-16(20)19(17(21)23-6-2)12-11-18(3,4)15-10-8-7-9-14(15)13-19/h7-10H,5-6,11-13H2,1-4H3. The minimum Gasteiger partial charge on any atom is -0.465 e. The number of esters is 2. The Hall–Kier alpha value is -1.84. The van der Waals surface area contributed by atoms with Gasteiger partial charge in [0.25, 0.3) is 0 Å². The number of carbonyl (C=O) groups excluding carboxylic acids is 2. The Bertz CT molecular complexity index is 571. The lowest BCUT2D eigenvalue weighted by Crippen LogP contribution is -2.43. The maximum atomic E-state index is 12.7. The van der Waals surface area contributed by atoms with Gasteiger partial charge < -0.3 is 9.47 Å². The zero-order valence-corrected chi connectivity index (χ0v) is 14.5. The molecule has 23 heavy (non-hydrogen) atoms. The van der Waals surface area contributed by atoms with Gasteiger partial charge in [-0.25, -0.2) is 0 Å². The number of hydrogen-bond donors (Lipinski definition) is 0. The Balaban J connectivity index is 2.52. The van der Waals surface area contributed by atoms with Crippen molar-refractivity contribution in [2.24, 2.45) is 5.41 Å². The largest absolute Gasteiger partial charge is 0.465 e. The van der Waals surface area contributed by atoms with Crippen molar-refractivity contribution < 1.29 is 19.1 Å². The molecular weight excluding hydrogens is 292 g/mol. The van der Waals surface area contributed by atoms with Crippen LogP contribution < -0.4 is 0 Å². The summed E-state index contributed by atoms with van der Waals surface area (Å²) in [5.74, 6) is -0.933. The zero-order chi connectivity index (χ0) is 17.1. The molecule has 1 aromatic carbocycles. The highest BCUT2D eigenvalue weighted by atomic mass is 16.6. The summed E-state index contributed by atoms with van der Waals surface area (Å²) in [6, 6.07) is 8.03. The van der Waals surface area contributed by atoms with Crippen LogP contribution >= 0.6 is 0 Å². The minimum atomic E-state index is -1.24. The van der Waals surface area contributed by atoms with Gasteiger partial charge in [0.1, 0.15) is 0 Å². The van der Waals surface area contributed by atoms with E-state index in [1.165, 1.54) is 5.56 Å². The summed E-state index contributed by atoms with van der Waals surface area (Å²) in [7, 11) is 0. The van der Waals surface area contributed by atoms with E-state index in [2.05, 4.69) is 19.9 Å². The van der Waals surface area contributed by atoms with Crippen molar-refractivity contribution >= 4 is 11.9 Å². The van der Waals surface area contributed by atoms with Crippen LogP contribution in [0.2, 0.25) is 0 Å². The molecule has 4 nitrogen and oxygen atoms in total. The molecule has 0 fully saturated rings. The van der Waals surface area contributed by atoms with E-state index in [1.54, 1.807) is 13.8 Å². The molecule has 0 N–H and O–H groups in total. The molecule has 0 saturated heterocycles. The molecule has 4 heteroatoms. The highest BCUT2D eigenvalue weighted by Crippen LogP contribution is 2.44. The van der Waals surface area contributed by atoms with Crippen molar-refractivity contribution in [3.63, 3.8) is 0 Å². The molecule has 0 heterocycles. The van der Waals surface area contributed by atoms with Gasteiger partial charge in [0, 0.05) is 0 Å². The van der Waals surface area contributed by atoms with E-state index in [1.807, 2.05) is 18.2 Å². The minimum absolute atomic E-state index is 0.0999. The highest BCUT2D eigenvalue weighted by Gasteiger charge is 2.51. The van der Waals surface area contributed by atoms with Crippen molar-refractivity contribution in [2.75, 3.05) is 13.2 Å². The van der Waals surface area contributed by atoms with E-state index < -0.39 is 17.4 Å². The summed E-state index contributed by atoms with van der Waals surface area (Å²) < 4.78 is 10.5. The van der Waals surface area contributed by atoms with Gasteiger partial charge in [0.05, 0.1) is 13.2 Å². The van der Waals surface area contributed by atoms with Crippen LogP contribution in [0.3, 0.4) is 0 Å². The van der Waals surface area contributed by atoms with Crippen LogP contribution in [0.5, 0.6) is 0 Å². The van der Waals surface area contributed by atoms with Gasteiger partial charge in [-0.05, 0) is 49.7 Å². The monoisotopic (exact) mass is 318 g/mol. The fourth-order valence-electron chi connectivity index (χ4n) is 3.38. The van der Waals surface area contributed by atoms with Crippen LogP contribution in [0.25, 0.3) is 0 Å². The Morgan fingerprint density at radius 2 is 1.57 bits per heavy atom. The smallest absolute Gasteiger partial charge is 0.323 e. The first-order valence-corrected chi connectivity index (χ1v) is 8.30. The lowest BCUT2D eigenvalue weighted by Gasteiger charge is -2.29. The molecule has 0 atom stereocenters. The summed E-state index contributed by atoms with van der Waals surface area (Å²) >= 11 is 0. The maximum Gasteiger partial charge on any atom is 0.323 e. The van der Waals surface area contributed by atoms with Crippen molar-refractivity contribution in [1.82, 2.24) is 0 Å². The first-order chi connectivity index (χ1) is 10.9. The van der Waals surface area contributed by atoms with Crippen LogP contribution in [-0.2, 0) is 30.9 Å². The van der Waals surface area contributed by atoms with E-state index in [-0.39, 0.29) is 18.6 Å². The average Bonchev–Trinajstić information content (AvgIpc) is 2.63. The van der Waals surface area contributed by atoms with Crippen molar-refractivity contribution in [3.05, 3.63) is 35.4 Å². The van der Waals surface area contributed by atoms with Crippen LogP contribution in [0.4, 0.5) is 0 Å². The molecule has 1 aliphatic carbocycles. The summed E-state index contributed by atoms with van der Waals surface area (Å²) in [6.07, 6.45) is 1.50. The number of carbonyl (C=O) groups is 2. The lowest BCUT2D eigenvalue weighted by atomic mass is 9.77. The number of fused-ring (bicyclic) bond motifs is 1. The van der Waals surface area contributed by atoms with E-state index in [0.29, 0.717) is 12.8 Å². The molecule has 0 radical (unpaired) electrons. The second-order valence-corrected chi connectivity index (χ2v) is 6.74. The van der Waals surface area contributed by atoms with Gasteiger partial charge in [-0.3, -0.25) is 9.59 Å². The molecule has 0 saturated carbocycles. The molecule has 1 aliphatic rings. The number of ether oxygens (including phenoxy) is 2. The van der Waals surface area contributed by atoms with Gasteiger partial charge >= 0.3 is 11.9 Å².